The first-order valence-corrected chi connectivity index (χ1v) is 8.17. The average Bonchev–Trinajstić information content (AvgIpc) is 2.74. The summed E-state index contributed by atoms with van der Waals surface area (Å²) in [5, 5.41) is 3.24. The molecular weight excluding hydrogens is 309 g/mol. The smallest absolute Gasteiger partial charge is 0.205 e. The third kappa shape index (κ3) is 3.71. The molecule has 0 radical (unpaired) electrons. The van der Waals surface area contributed by atoms with Crippen molar-refractivity contribution in [2.75, 3.05) is 12.3 Å². The van der Waals surface area contributed by atoms with Gasteiger partial charge in [-0.25, -0.2) is 0 Å². The van der Waals surface area contributed by atoms with Crippen molar-refractivity contribution in [2.45, 2.75) is 34.5 Å². The lowest BCUT2D eigenvalue weighted by atomic mass is 10.0. The molecule has 0 spiro atoms. The fourth-order valence-corrected chi connectivity index (χ4v) is 3.72. The zero-order valence-corrected chi connectivity index (χ0v) is 13.3. The Morgan fingerprint density at radius 2 is 2.17 bits per heavy atom. The average molecular weight is 325 g/mol. The molecule has 1 unspecified atom stereocenters. The van der Waals surface area contributed by atoms with Crippen molar-refractivity contribution in [3.05, 3.63) is 29.3 Å². The Morgan fingerprint density at radius 1 is 1.39 bits per heavy atom. The van der Waals surface area contributed by atoms with Gasteiger partial charge in [-0.2, -0.15) is 0 Å². The van der Waals surface area contributed by atoms with E-state index in [4.69, 9.17) is 34.8 Å². The van der Waals surface area contributed by atoms with Gasteiger partial charge >= 0.3 is 0 Å². The second-order valence-electron chi connectivity index (χ2n) is 4.40. The summed E-state index contributed by atoms with van der Waals surface area (Å²) in [6.07, 6.45) is 1.90. The van der Waals surface area contributed by atoms with E-state index < -0.39 is 3.79 Å². The first-order valence-electron chi connectivity index (χ1n) is 6.05. The maximum atomic E-state index is 6.01. The highest BCUT2D eigenvalue weighted by Crippen LogP contribution is 2.35. The summed E-state index contributed by atoms with van der Waals surface area (Å²) in [4.78, 5) is 1.38. The molecule has 100 valence electrons. The highest BCUT2D eigenvalue weighted by atomic mass is 35.6. The Bertz CT molecular complexity index is 417. The van der Waals surface area contributed by atoms with Gasteiger partial charge in [-0.05, 0) is 36.6 Å². The number of rotatable bonds is 4. The van der Waals surface area contributed by atoms with E-state index in [1.165, 1.54) is 28.2 Å². The number of hydrogen-bond donors (Lipinski definition) is 1. The largest absolute Gasteiger partial charge is 0.310 e. The van der Waals surface area contributed by atoms with Crippen LogP contribution in [0.15, 0.2) is 23.1 Å². The summed E-state index contributed by atoms with van der Waals surface area (Å²) in [6, 6.07) is 6.42. The van der Waals surface area contributed by atoms with Gasteiger partial charge in [-0.3, -0.25) is 0 Å². The number of halogens is 3. The summed E-state index contributed by atoms with van der Waals surface area (Å²) >= 11 is 19.9. The molecule has 1 N–H and O–H groups in total. The van der Waals surface area contributed by atoms with Gasteiger partial charge in [0.25, 0.3) is 0 Å². The molecule has 2 rings (SSSR count). The van der Waals surface area contributed by atoms with Crippen LogP contribution in [0.25, 0.3) is 0 Å². The van der Waals surface area contributed by atoms with Crippen molar-refractivity contribution in [3.63, 3.8) is 0 Å². The molecule has 0 aromatic heterocycles. The number of benzene rings is 1. The Kier molecular flexibility index (Phi) is 5.13. The van der Waals surface area contributed by atoms with E-state index in [2.05, 4.69) is 23.5 Å². The van der Waals surface area contributed by atoms with Crippen LogP contribution < -0.4 is 5.32 Å². The van der Waals surface area contributed by atoms with E-state index in [0.29, 0.717) is 0 Å². The number of thioether (sulfide) groups is 1. The van der Waals surface area contributed by atoms with E-state index in [-0.39, 0.29) is 6.04 Å². The van der Waals surface area contributed by atoms with Crippen molar-refractivity contribution >= 4 is 46.6 Å². The molecule has 1 atom stereocenters. The molecule has 0 saturated carbocycles. The molecule has 0 saturated heterocycles. The molecule has 1 heterocycles. The zero-order chi connectivity index (χ0) is 13.2. The van der Waals surface area contributed by atoms with Gasteiger partial charge in [0.15, 0.2) is 0 Å². The fraction of sp³-hybridized carbons (Fsp3) is 0.538. The van der Waals surface area contributed by atoms with Crippen LogP contribution in [-0.4, -0.2) is 22.1 Å². The van der Waals surface area contributed by atoms with Crippen LogP contribution in [0, 0.1) is 0 Å². The van der Waals surface area contributed by atoms with Crippen LogP contribution in [0.2, 0.25) is 0 Å². The van der Waals surface area contributed by atoms with Crippen LogP contribution in [-0.2, 0) is 12.8 Å². The van der Waals surface area contributed by atoms with Crippen molar-refractivity contribution in [1.29, 1.82) is 0 Å². The second kappa shape index (κ2) is 6.23. The van der Waals surface area contributed by atoms with Gasteiger partial charge in [0.05, 0.1) is 6.04 Å². The van der Waals surface area contributed by atoms with E-state index in [1.807, 2.05) is 18.7 Å². The molecule has 1 aromatic rings. The molecule has 1 aliphatic heterocycles. The van der Waals surface area contributed by atoms with Gasteiger partial charge in [-0.15, -0.1) is 11.8 Å². The van der Waals surface area contributed by atoms with E-state index in [9.17, 15) is 0 Å². The first kappa shape index (κ1) is 14.8. The zero-order valence-electron chi connectivity index (χ0n) is 10.2. The van der Waals surface area contributed by atoms with E-state index in [0.717, 1.165) is 13.0 Å². The number of hydrogen-bond acceptors (Lipinski definition) is 2. The molecule has 0 fully saturated rings. The predicted octanol–water partition coefficient (Wildman–Crippen LogP) is 4.23. The Balaban J connectivity index is 2.11. The van der Waals surface area contributed by atoms with Gasteiger partial charge in [-0.1, -0.05) is 53.9 Å². The third-order valence-electron chi connectivity index (χ3n) is 3.05. The fourth-order valence-electron chi connectivity index (χ4n) is 2.12. The SMILES string of the molecule is CCNC(Cc1ccc2c(c1)SCC2)C(Cl)(Cl)Cl. The topological polar surface area (TPSA) is 12.0 Å². The van der Waals surface area contributed by atoms with Gasteiger partial charge in [0, 0.05) is 10.6 Å². The molecular formula is C13H16Cl3NS. The molecule has 0 aliphatic carbocycles. The predicted molar refractivity (Wildman–Crippen MR) is 82.3 cm³/mol. The minimum Gasteiger partial charge on any atom is -0.310 e. The lowest BCUT2D eigenvalue weighted by Crippen LogP contribution is -2.41. The number of nitrogens with one attached hydrogen (secondary N) is 1. The molecule has 5 heteroatoms. The van der Waals surface area contributed by atoms with Crippen LogP contribution in [0.3, 0.4) is 0 Å². The molecule has 18 heavy (non-hydrogen) atoms. The molecule has 0 bridgehead atoms. The lowest BCUT2D eigenvalue weighted by Gasteiger charge is -2.25. The molecule has 1 aliphatic rings. The van der Waals surface area contributed by atoms with Gasteiger partial charge < -0.3 is 5.32 Å². The monoisotopic (exact) mass is 323 g/mol. The Hall–Kier alpha value is 0.400. The Labute approximate surface area is 128 Å². The summed E-state index contributed by atoms with van der Waals surface area (Å²) in [7, 11) is 0. The second-order valence-corrected chi connectivity index (χ2v) is 7.90. The number of likely N-dealkylation sites (N-methyl/N-ethyl adjacent to an activating group) is 1. The standard InChI is InChI=1S/C13H16Cl3NS/c1-2-17-12(13(14,15)16)8-9-3-4-10-5-6-18-11(10)7-9/h3-4,7,12,17H,2,5-6,8H2,1H3. The van der Waals surface area contributed by atoms with Gasteiger partial charge in [0.2, 0.25) is 3.79 Å². The maximum Gasteiger partial charge on any atom is 0.205 e. The van der Waals surface area contributed by atoms with Crippen molar-refractivity contribution in [3.8, 4) is 0 Å². The van der Waals surface area contributed by atoms with Crippen LogP contribution in [0.4, 0.5) is 0 Å². The lowest BCUT2D eigenvalue weighted by molar-refractivity contribution is 0.531. The first-order chi connectivity index (χ1) is 8.50. The highest BCUT2D eigenvalue weighted by Gasteiger charge is 2.32. The molecule has 0 amide bonds. The van der Waals surface area contributed by atoms with Crippen molar-refractivity contribution in [2.24, 2.45) is 0 Å². The number of aryl methyl sites for hydroxylation is 1. The summed E-state index contributed by atoms with van der Waals surface area (Å²) < 4.78 is -1.28. The number of fused-ring (bicyclic) bond motifs is 1. The normalized spacial score (nSPS) is 16.7. The summed E-state index contributed by atoms with van der Waals surface area (Å²) in [5.74, 6) is 1.18. The quantitative estimate of drug-likeness (QED) is 0.832. The number of alkyl halides is 3. The van der Waals surface area contributed by atoms with Crippen LogP contribution >= 0.6 is 46.6 Å². The van der Waals surface area contributed by atoms with E-state index in [1.54, 1.807) is 0 Å². The molecule has 1 aromatic carbocycles. The summed E-state index contributed by atoms with van der Waals surface area (Å²) in [5.41, 5.74) is 2.66. The van der Waals surface area contributed by atoms with Crippen LogP contribution in [0.5, 0.6) is 0 Å². The van der Waals surface area contributed by atoms with Crippen molar-refractivity contribution in [1.82, 2.24) is 5.32 Å². The summed E-state index contributed by atoms with van der Waals surface area (Å²) in [6.45, 7) is 2.81. The van der Waals surface area contributed by atoms with Crippen molar-refractivity contribution < 1.29 is 0 Å². The van der Waals surface area contributed by atoms with E-state index >= 15 is 0 Å². The van der Waals surface area contributed by atoms with Gasteiger partial charge in [0.1, 0.15) is 0 Å². The molecule has 1 nitrogen and oxygen atoms in total. The maximum absolute atomic E-state index is 6.01. The third-order valence-corrected chi connectivity index (χ3v) is 4.94. The minimum atomic E-state index is -1.28. The Morgan fingerprint density at radius 3 is 2.83 bits per heavy atom. The highest BCUT2D eigenvalue weighted by molar-refractivity contribution is 7.99. The van der Waals surface area contributed by atoms with Crippen LogP contribution in [0.1, 0.15) is 18.1 Å². The minimum absolute atomic E-state index is 0.156.